The van der Waals surface area contributed by atoms with Crippen molar-refractivity contribution in [1.29, 1.82) is 0 Å². The van der Waals surface area contributed by atoms with E-state index in [9.17, 15) is 9.59 Å². The molecule has 92 valence electrons. The highest BCUT2D eigenvalue weighted by molar-refractivity contribution is 5.94. The van der Waals surface area contributed by atoms with Crippen molar-refractivity contribution in [3.8, 4) is 0 Å². The Bertz CT molecular complexity index is 489. The number of aliphatic hydroxyl groups excluding tert-OH is 1. The normalized spacial score (nSPS) is 16.6. The Hall–Kier alpha value is -1.62. The molecule has 1 aromatic rings. The van der Waals surface area contributed by atoms with Crippen molar-refractivity contribution < 1.29 is 9.90 Å². The molecular formula is C12H16N2O3. The quantitative estimate of drug-likeness (QED) is 0.704. The summed E-state index contributed by atoms with van der Waals surface area (Å²) in [6.45, 7) is 1.71. The number of hydrogen-bond donors (Lipinski definition) is 3. The van der Waals surface area contributed by atoms with Crippen LogP contribution in [0.3, 0.4) is 0 Å². The van der Waals surface area contributed by atoms with Gasteiger partial charge in [-0.25, -0.2) is 0 Å². The fourth-order valence-electron chi connectivity index (χ4n) is 1.87. The Morgan fingerprint density at radius 1 is 1.53 bits per heavy atom. The van der Waals surface area contributed by atoms with Crippen LogP contribution in [0.4, 0.5) is 0 Å². The lowest BCUT2D eigenvalue weighted by Gasteiger charge is -2.15. The maximum atomic E-state index is 11.9. The standard InChI is InChI=1S/C12H16N2O3/c1-8-6-13-7-9(10(8)16)11(17)14-12(2-3-12)4-5-15/h6-7,15H,2-5H2,1H3,(H,13,16)(H,14,17). The zero-order valence-electron chi connectivity index (χ0n) is 9.75. The molecule has 0 atom stereocenters. The maximum absolute atomic E-state index is 11.9. The smallest absolute Gasteiger partial charge is 0.257 e. The van der Waals surface area contributed by atoms with E-state index < -0.39 is 0 Å². The average molecular weight is 236 g/mol. The van der Waals surface area contributed by atoms with Gasteiger partial charge in [-0.05, 0) is 26.2 Å². The van der Waals surface area contributed by atoms with Crippen LogP contribution >= 0.6 is 0 Å². The molecule has 0 unspecified atom stereocenters. The molecule has 0 aromatic carbocycles. The number of rotatable bonds is 4. The maximum Gasteiger partial charge on any atom is 0.257 e. The predicted molar refractivity (Wildman–Crippen MR) is 62.9 cm³/mol. The highest BCUT2D eigenvalue weighted by atomic mass is 16.3. The zero-order valence-corrected chi connectivity index (χ0v) is 9.75. The lowest BCUT2D eigenvalue weighted by Crippen LogP contribution is -2.39. The van der Waals surface area contributed by atoms with Crippen LogP contribution in [0.25, 0.3) is 0 Å². The van der Waals surface area contributed by atoms with Crippen LogP contribution in [0.5, 0.6) is 0 Å². The summed E-state index contributed by atoms with van der Waals surface area (Å²) in [5.41, 5.74) is 0.113. The molecule has 2 rings (SSSR count). The van der Waals surface area contributed by atoms with Crippen LogP contribution in [-0.4, -0.2) is 28.1 Å². The van der Waals surface area contributed by atoms with Crippen molar-refractivity contribution in [1.82, 2.24) is 10.3 Å². The molecular weight excluding hydrogens is 220 g/mol. The molecule has 5 nitrogen and oxygen atoms in total. The fraction of sp³-hybridized carbons (Fsp3) is 0.500. The van der Waals surface area contributed by atoms with Gasteiger partial charge >= 0.3 is 0 Å². The Morgan fingerprint density at radius 2 is 2.24 bits per heavy atom. The molecule has 0 bridgehead atoms. The Kier molecular flexibility index (Phi) is 3.02. The van der Waals surface area contributed by atoms with Crippen molar-refractivity contribution in [3.63, 3.8) is 0 Å². The molecule has 1 aliphatic carbocycles. The van der Waals surface area contributed by atoms with E-state index in [-0.39, 0.29) is 29.0 Å². The molecule has 17 heavy (non-hydrogen) atoms. The number of aliphatic hydroxyl groups is 1. The van der Waals surface area contributed by atoms with Gasteiger partial charge in [-0.3, -0.25) is 9.59 Å². The number of amides is 1. The summed E-state index contributed by atoms with van der Waals surface area (Å²) in [6, 6.07) is 0. The molecule has 1 aliphatic rings. The second-order valence-electron chi connectivity index (χ2n) is 4.59. The Morgan fingerprint density at radius 3 is 2.82 bits per heavy atom. The first-order chi connectivity index (χ1) is 8.08. The summed E-state index contributed by atoms with van der Waals surface area (Å²) < 4.78 is 0. The molecule has 0 spiro atoms. The molecule has 0 saturated heterocycles. The number of hydrogen-bond acceptors (Lipinski definition) is 3. The Balaban J connectivity index is 2.16. The Labute approximate surface area is 98.9 Å². The first-order valence-electron chi connectivity index (χ1n) is 5.69. The topological polar surface area (TPSA) is 82.2 Å². The summed E-state index contributed by atoms with van der Waals surface area (Å²) in [4.78, 5) is 26.5. The van der Waals surface area contributed by atoms with Crippen LogP contribution in [0.15, 0.2) is 17.2 Å². The molecule has 1 heterocycles. The number of aromatic nitrogens is 1. The molecule has 1 fully saturated rings. The summed E-state index contributed by atoms with van der Waals surface area (Å²) in [5, 5.41) is 11.7. The number of carbonyl (C=O) groups excluding carboxylic acids is 1. The third-order valence-corrected chi connectivity index (χ3v) is 3.20. The van der Waals surface area contributed by atoms with E-state index in [0.717, 1.165) is 12.8 Å². The van der Waals surface area contributed by atoms with Crippen LogP contribution in [0.1, 0.15) is 35.2 Å². The second-order valence-corrected chi connectivity index (χ2v) is 4.59. The minimum Gasteiger partial charge on any atom is -0.396 e. The minimum absolute atomic E-state index is 0.0461. The molecule has 1 saturated carbocycles. The largest absolute Gasteiger partial charge is 0.396 e. The summed E-state index contributed by atoms with van der Waals surface area (Å²) in [7, 11) is 0. The molecule has 1 amide bonds. The number of H-pyrrole nitrogens is 1. The average Bonchev–Trinajstić information content (AvgIpc) is 3.02. The van der Waals surface area contributed by atoms with E-state index in [1.165, 1.54) is 6.20 Å². The number of aromatic amines is 1. The summed E-state index contributed by atoms with van der Waals surface area (Å²) in [6.07, 6.45) is 5.26. The van der Waals surface area contributed by atoms with Gasteiger partial charge in [-0.2, -0.15) is 0 Å². The second kappa shape index (κ2) is 4.33. The van der Waals surface area contributed by atoms with Crippen LogP contribution < -0.4 is 10.7 Å². The number of carbonyl (C=O) groups is 1. The number of pyridine rings is 1. The van der Waals surface area contributed by atoms with Gasteiger partial charge in [0.2, 0.25) is 0 Å². The van der Waals surface area contributed by atoms with Crippen molar-refractivity contribution in [2.24, 2.45) is 0 Å². The third-order valence-electron chi connectivity index (χ3n) is 3.20. The van der Waals surface area contributed by atoms with Crippen LogP contribution in [0, 0.1) is 6.92 Å². The van der Waals surface area contributed by atoms with Crippen LogP contribution in [0.2, 0.25) is 0 Å². The van der Waals surface area contributed by atoms with Crippen molar-refractivity contribution in [2.45, 2.75) is 31.7 Å². The van der Waals surface area contributed by atoms with Crippen molar-refractivity contribution in [2.75, 3.05) is 6.61 Å². The number of nitrogens with one attached hydrogen (secondary N) is 2. The highest BCUT2D eigenvalue weighted by Gasteiger charge is 2.43. The third kappa shape index (κ3) is 2.39. The number of aryl methyl sites for hydroxylation is 1. The van der Waals surface area contributed by atoms with Gasteiger partial charge in [0.05, 0.1) is 0 Å². The van der Waals surface area contributed by atoms with Gasteiger partial charge in [0.15, 0.2) is 5.43 Å². The van der Waals surface area contributed by atoms with E-state index in [2.05, 4.69) is 10.3 Å². The van der Waals surface area contributed by atoms with Crippen molar-refractivity contribution >= 4 is 5.91 Å². The lowest BCUT2D eigenvalue weighted by molar-refractivity contribution is 0.0922. The molecule has 0 aliphatic heterocycles. The molecule has 0 radical (unpaired) electrons. The lowest BCUT2D eigenvalue weighted by atomic mass is 10.1. The first-order valence-corrected chi connectivity index (χ1v) is 5.69. The fourth-order valence-corrected chi connectivity index (χ4v) is 1.87. The monoisotopic (exact) mass is 236 g/mol. The van der Waals surface area contributed by atoms with Gasteiger partial charge in [0.1, 0.15) is 5.56 Å². The van der Waals surface area contributed by atoms with E-state index in [0.29, 0.717) is 12.0 Å². The molecule has 3 N–H and O–H groups in total. The van der Waals surface area contributed by atoms with Crippen LogP contribution in [-0.2, 0) is 0 Å². The van der Waals surface area contributed by atoms with E-state index >= 15 is 0 Å². The SMILES string of the molecule is Cc1c[nH]cc(C(=O)NC2(CCO)CC2)c1=O. The molecule has 1 aromatic heterocycles. The van der Waals surface area contributed by atoms with Gasteiger partial charge < -0.3 is 15.4 Å². The summed E-state index contributed by atoms with van der Waals surface area (Å²) in [5.74, 6) is -0.360. The van der Waals surface area contributed by atoms with Gasteiger partial charge in [-0.1, -0.05) is 0 Å². The minimum atomic E-state index is -0.360. The highest BCUT2D eigenvalue weighted by Crippen LogP contribution is 2.38. The van der Waals surface area contributed by atoms with Crippen molar-refractivity contribution in [3.05, 3.63) is 33.7 Å². The molecule has 5 heteroatoms. The zero-order chi connectivity index (χ0) is 12.5. The van der Waals surface area contributed by atoms with Gasteiger partial charge in [0.25, 0.3) is 5.91 Å². The van der Waals surface area contributed by atoms with Gasteiger partial charge in [-0.15, -0.1) is 0 Å². The van der Waals surface area contributed by atoms with E-state index in [1.54, 1.807) is 13.1 Å². The van der Waals surface area contributed by atoms with Gasteiger partial charge in [0, 0.05) is 30.1 Å². The predicted octanol–water partition coefficient (Wildman–Crippen LogP) is 0.328. The van der Waals surface area contributed by atoms with E-state index in [1.807, 2.05) is 0 Å². The van der Waals surface area contributed by atoms with E-state index in [4.69, 9.17) is 5.11 Å². The first kappa shape index (κ1) is 11.9. The summed E-state index contributed by atoms with van der Waals surface area (Å²) >= 11 is 0.